The lowest BCUT2D eigenvalue weighted by Crippen LogP contribution is -2.21. The molecule has 0 aliphatic heterocycles. The lowest BCUT2D eigenvalue weighted by Gasteiger charge is -2.01. The number of halogens is 2. The van der Waals surface area contributed by atoms with Crippen LogP contribution in [0.5, 0.6) is 0 Å². The van der Waals surface area contributed by atoms with Crippen LogP contribution in [0.4, 0.5) is 0 Å². The van der Waals surface area contributed by atoms with Crippen molar-refractivity contribution in [1.29, 1.82) is 0 Å². The van der Waals surface area contributed by atoms with Crippen LogP contribution in [0.15, 0.2) is 48.7 Å². The lowest BCUT2D eigenvalue weighted by molar-refractivity contribution is -0.116. The van der Waals surface area contributed by atoms with E-state index in [4.69, 9.17) is 23.2 Å². The van der Waals surface area contributed by atoms with Crippen LogP contribution in [0.25, 0.3) is 11.7 Å². The molecule has 0 fully saturated rings. The Morgan fingerprint density at radius 3 is 2.74 bits per heavy atom. The second-order valence-electron chi connectivity index (χ2n) is 4.80. The topological polar surface area (TPSA) is 59.3 Å². The van der Waals surface area contributed by atoms with E-state index < -0.39 is 0 Å². The Kier molecular flexibility index (Phi) is 4.60. The van der Waals surface area contributed by atoms with E-state index in [0.29, 0.717) is 15.9 Å². The summed E-state index contributed by atoms with van der Waals surface area (Å²) in [5.74, 6) is 0.418. The SMILES string of the molecule is O=C(C=Cc1cc(Cl)cc(Cl)c1)NCc1nnc2ccccn12. The number of amides is 1. The maximum Gasteiger partial charge on any atom is 0.244 e. The highest BCUT2D eigenvalue weighted by Gasteiger charge is 2.05. The zero-order chi connectivity index (χ0) is 16.2. The van der Waals surface area contributed by atoms with Gasteiger partial charge in [0.2, 0.25) is 5.91 Å². The molecule has 2 aromatic heterocycles. The molecule has 0 radical (unpaired) electrons. The summed E-state index contributed by atoms with van der Waals surface area (Å²) in [6.07, 6.45) is 4.92. The zero-order valence-corrected chi connectivity index (χ0v) is 13.4. The number of hydrogen-bond acceptors (Lipinski definition) is 3. The lowest BCUT2D eigenvalue weighted by atomic mass is 10.2. The van der Waals surface area contributed by atoms with Crippen molar-refractivity contribution < 1.29 is 4.79 Å². The molecular weight excluding hydrogens is 335 g/mol. The van der Waals surface area contributed by atoms with E-state index in [1.54, 1.807) is 24.3 Å². The standard InChI is InChI=1S/C16H12Cl2N4O/c17-12-7-11(8-13(18)9-12)4-5-16(23)19-10-15-21-20-14-3-1-2-6-22(14)15/h1-9H,10H2,(H,19,23). The van der Waals surface area contributed by atoms with Crippen LogP contribution < -0.4 is 5.32 Å². The summed E-state index contributed by atoms with van der Waals surface area (Å²) < 4.78 is 1.82. The molecule has 5 nitrogen and oxygen atoms in total. The highest BCUT2D eigenvalue weighted by Crippen LogP contribution is 2.19. The minimum atomic E-state index is -0.242. The van der Waals surface area contributed by atoms with Gasteiger partial charge in [0.15, 0.2) is 11.5 Å². The molecule has 0 aliphatic carbocycles. The van der Waals surface area contributed by atoms with E-state index in [0.717, 1.165) is 11.2 Å². The first kappa shape index (κ1) is 15.5. The Labute approximate surface area is 142 Å². The van der Waals surface area contributed by atoms with Gasteiger partial charge in [-0.1, -0.05) is 29.3 Å². The third-order valence-corrected chi connectivity index (χ3v) is 3.55. The highest BCUT2D eigenvalue weighted by molar-refractivity contribution is 6.34. The molecule has 1 amide bonds. The number of fused-ring (bicyclic) bond motifs is 1. The van der Waals surface area contributed by atoms with Crippen molar-refractivity contribution in [2.75, 3.05) is 0 Å². The van der Waals surface area contributed by atoms with Gasteiger partial charge in [0.25, 0.3) is 0 Å². The minimum Gasteiger partial charge on any atom is -0.345 e. The smallest absolute Gasteiger partial charge is 0.244 e. The molecule has 23 heavy (non-hydrogen) atoms. The number of nitrogens with zero attached hydrogens (tertiary/aromatic N) is 3. The van der Waals surface area contributed by atoms with Crippen LogP contribution in [-0.2, 0) is 11.3 Å². The molecule has 0 aliphatic rings. The van der Waals surface area contributed by atoms with Crippen LogP contribution in [0.1, 0.15) is 11.4 Å². The average Bonchev–Trinajstić information content (AvgIpc) is 2.93. The fourth-order valence-electron chi connectivity index (χ4n) is 2.08. The largest absolute Gasteiger partial charge is 0.345 e. The van der Waals surface area contributed by atoms with Crippen LogP contribution in [0.2, 0.25) is 10.0 Å². The van der Waals surface area contributed by atoms with Crippen LogP contribution in [-0.4, -0.2) is 20.5 Å². The minimum absolute atomic E-state index is 0.242. The van der Waals surface area contributed by atoms with Crippen molar-refractivity contribution in [1.82, 2.24) is 19.9 Å². The van der Waals surface area contributed by atoms with Gasteiger partial charge in [-0.15, -0.1) is 10.2 Å². The van der Waals surface area contributed by atoms with Gasteiger partial charge in [-0.25, -0.2) is 0 Å². The number of carbonyl (C=O) groups excluding carboxylic acids is 1. The van der Waals surface area contributed by atoms with E-state index in [9.17, 15) is 4.79 Å². The van der Waals surface area contributed by atoms with Gasteiger partial charge in [-0.3, -0.25) is 9.20 Å². The van der Waals surface area contributed by atoms with Crippen molar-refractivity contribution >= 4 is 40.8 Å². The molecule has 2 heterocycles. The second kappa shape index (κ2) is 6.81. The third-order valence-electron chi connectivity index (χ3n) is 3.12. The van der Waals surface area contributed by atoms with Crippen LogP contribution in [0, 0.1) is 0 Å². The molecule has 0 spiro atoms. The predicted octanol–water partition coefficient (Wildman–Crippen LogP) is 3.37. The summed E-state index contributed by atoms with van der Waals surface area (Å²) in [4.78, 5) is 11.9. The average molecular weight is 347 g/mol. The number of nitrogens with one attached hydrogen (secondary N) is 1. The van der Waals surface area contributed by atoms with E-state index in [1.807, 2.05) is 28.8 Å². The Hall–Kier alpha value is -2.37. The Morgan fingerprint density at radius 1 is 1.17 bits per heavy atom. The number of benzene rings is 1. The van der Waals surface area contributed by atoms with Crippen molar-refractivity contribution in [2.45, 2.75) is 6.54 Å². The number of aromatic nitrogens is 3. The first-order chi connectivity index (χ1) is 11.1. The first-order valence-corrected chi connectivity index (χ1v) is 7.58. The summed E-state index contributed by atoms with van der Waals surface area (Å²) in [6, 6.07) is 10.7. The van der Waals surface area contributed by atoms with Gasteiger partial charge in [0.1, 0.15) is 0 Å². The number of rotatable bonds is 4. The highest BCUT2D eigenvalue weighted by atomic mass is 35.5. The molecule has 0 unspecified atom stereocenters. The summed E-state index contributed by atoms with van der Waals surface area (Å²) in [5, 5.41) is 11.9. The first-order valence-electron chi connectivity index (χ1n) is 6.82. The number of pyridine rings is 1. The van der Waals surface area contributed by atoms with Crippen LogP contribution >= 0.6 is 23.2 Å². The van der Waals surface area contributed by atoms with Gasteiger partial charge in [0.05, 0.1) is 6.54 Å². The normalized spacial score (nSPS) is 11.2. The summed E-state index contributed by atoms with van der Waals surface area (Å²) in [6.45, 7) is 0.282. The molecule has 0 saturated carbocycles. The van der Waals surface area contributed by atoms with Crippen LogP contribution in [0.3, 0.4) is 0 Å². The summed E-state index contributed by atoms with van der Waals surface area (Å²) in [5.41, 5.74) is 1.49. The maximum atomic E-state index is 11.9. The molecule has 3 rings (SSSR count). The van der Waals surface area contributed by atoms with Gasteiger partial charge in [0, 0.05) is 22.3 Å². The molecule has 0 atom stereocenters. The molecule has 1 aromatic carbocycles. The monoisotopic (exact) mass is 346 g/mol. The van der Waals surface area contributed by atoms with E-state index in [1.165, 1.54) is 6.08 Å². The van der Waals surface area contributed by atoms with Gasteiger partial charge in [-0.2, -0.15) is 0 Å². The van der Waals surface area contributed by atoms with E-state index in [2.05, 4.69) is 15.5 Å². The maximum absolute atomic E-state index is 11.9. The summed E-state index contributed by atoms with van der Waals surface area (Å²) >= 11 is 11.8. The quantitative estimate of drug-likeness (QED) is 0.736. The molecule has 1 N–H and O–H groups in total. The Balaban J connectivity index is 1.64. The summed E-state index contributed by atoms with van der Waals surface area (Å²) in [7, 11) is 0. The van der Waals surface area contributed by atoms with Gasteiger partial charge < -0.3 is 5.32 Å². The number of hydrogen-bond donors (Lipinski definition) is 1. The molecule has 7 heteroatoms. The van der Waals surface area contributed by atoms with Gasteiger partial charge >= 0.3 is 0 Å². The molecular formula is C16H12Cl2N4O. The van der Waals surface area contributed by atoms with Crippen molar-refractivity contribution in [3.05, 3.63) is 70.1 Å². The molecule has 3 aromatic rings. The Bertz CT molecular complexity index is 868. The molecule has 116 valence electrons. The number of carbonyl (C=O) groups is 1. The predicted molar refractivity (Wildman–Crippen MR) is 90.3 cm³/mol. The molecule has 0 bridgehead atoms. The van der Waals surface area contributed by atoms with Crippen molar-refractivity contribution in [3.63, 3.8) is 0 Å². The van der Waals surface area contributed by atoms with E-state index >= 15 is 0 Å². The fourth-order valence-corrected chi connectivity index (χ4v) is 2.62. The molecule has 0 saturated heterocycles. The van der Waals surface area contributed by atoms with Crippen molar-refractivity contribution in [2.24, 2.45) is 0 Å². The van der Waals surface area contributed by atoms with Gasteiger partial charge in [-0.05, 0) is 42.0 Å². The Morgan fingerprint density at radius 2 is 1.96 bits per heavy atom. The third kappa shape index (κ3) is 3.88. The van der Waals surface area contributed by atoms with Crippen molar-refractivity contribution in [3.8, 4) is 0 Å². The van der Waals surface area contributed by atoms with E-state index in [-0.39, 0.29) is 12.5 Å². The zero-order valence-electron chi connectivity index (χ0n) is 11.9. The second-order valence-corrected chi connectivity index (χ2v) is 5.67. The fraction of sp³-hybridized carbons (Fsp3) is 0.0625.